The Hall–Kier alpha value is -1.47. The summed E-state index contributed by atoms with van der Waals surface area (Å²) in [6.45, 7) is 2.14. The smallest absolute Gasteiger partial charge is 0.311 e. The first kappa shape index (κ1) is 14.0. The van der Waals surface area contributed by atoms with E-state index < -0.39 is 4.92 Å². The van der Waals surface area contributed by atoms with E-state index in [9.17, 15) is 10.1 Å². The number of halogens is 1. The molecule has 0 unspecified atom stereocenters. The molecule has 7 heteroatoms. The van der Waals surface area contributed by atoms with E-state index in [1.54, 1.807) is 12.1 Å². The molecule has 0 fully saturated rings. The minimum absolute atomic E-state index is 0.0229. The number of hydrogen-bond acceptors (Lipinski definition) is 5. The molecule has 5 nitrogen and oxygen atoms in total. The molecule has 1 aromatic heterocycles. The lowest BCUT2D eigenvalue weighted by molar-refractivity contribution is -0.386. The van der Waals surface area contributed by atoms with E-state index in [0.717, 1.165) is 16.3 Å². The van der Waals surface area contributed by atoms with Crippen LogP contribution in [-0.2, 0) is 11.9 Å². The average molecular weight is 343 g/mol. The molecule has 0 radical (unpaired) electrons. The number of nitro benzene ring substituents is 1. The van der Waals surface area contributed by atoms with Gasteiger partial charge in [-0.15, -0.1) is 11.3 Å². The number of hydrogen-bond donors (Lipinski definition) is 0. The summed E-state index contributed by atoms with van der Waals surface area (Å²) < 4.78 is 5.49. The predicted octanol–water partition coefficient (Wildman–Crippen LogP) is 3.83. The van der Waals surface area contributed by atoms with Crippen molar-refractivity contribution in [3.8, 4) is 5.75 Å². The van der Waals surface area contributed by atoms with Gasteiger partial charge in [0, 0.05) is 22.5 Å². The van der Waals surface area contributed by atoms with Crippen LogP contribution in [0.1, 0.15) is 16.3 Å². The van der Waals surface area contributed by atoms with Gasteiger partial charge in [0.2, 0.25) is 0 Å². The maximum absolute atomic E-state index is 11.0. The van der Waals surface area contributed by atoms with E-state index in [0.29, 0.717) is 5.33 Å². The molecule has 19 heavy (non-hydrogen) atoms. The Labute approximate surface area is 122 Å². The van der Waals surface area contributed by atoms with Crippen molar-refractivity contribution in [2.24, 2.45) is 0 Å². The predicted molar refractivity (Wildman–Crippen MR) is 76.9 cm³/mol. The third-order valence-electron chi connectivity index (χ3n) is 2.39. The van der Waals surface area contributed by atoms with Crippen molar-refractivity contribution in [1.29, 1.82) is 0 Å². The van der Waals surface area contributed by atoms with E-state index in [1.165, 1.54) is 17.4 Å². The Morgan fingerprint density at radius 1 is 1.53 bits per heavy atom. The van der Waals surface area contributed by atoms with Crippen LogP contribution in [0.4, 0.5) is 5.69 Å². The molecule has 100 valence electrons. The minimum atomic E-state index is -0.436. The van der Waals surface area contributed by atoms with Gasteiger partial charge in [-0.05, 0) is 18.6 Å². The number of nitrogens with zero attached hydrogens (tertiary/aromatic N) is 2. The fraction of sp³-hybridized carbons (Fsp3) is 0.250. The van der Waals surface area contributed by atoms with Crippen molar-refractivity contribution in [3.05, 3.63) is 50.0 Å². The molecule has 0 atom stereocenters. The maximum Gasteiger partial charge on any atom is 0.311 e. The molecular formula is C12H11BrN2O3S. The summed E-state index contributed by atoms with van der Waals surface area (Å²) in [5, 5.41) is 14.3. The lowest BCUT2D eigenvalue weighted by Gasteiger charge is -2.06. The van der Waals surface area contributed by atoms with Crippen LogP contribution in [0.25, 0.3) is 0 Å². The maximum atomic E-state index is 11.0. The van der Waals surface area contributed by atoms with Crippen LogP contribution in [-0.4, -0.2) is 9.91 Å². The molecule has 0 N–H and O–H groups in total. The quantitative estimate of drug-likeness (QED) is 0.470. The van der Waals surface area contributed by atoms with Crippen LogP contribution in [0, 0.1) is 17.0 Å². The van der Waals surface area contributed by atoms with Crippen LogP contribution >= 0.6 is 27.3 Å². The number of nitro groups is 1. The first-order valence-corrected chi connectivity index (χ1v) is 7.47. The molecule has 2 aromatic rings. The molecule has 0 aliphatic carbocycles. The minimum Gasteiger partial charge on any atom is -0.479 e. The van der Waals surface area contributed by atoms with Crippen LogP contribution in [0.15, 0.2) is 23.6 Å². The summed E-state index contributed by atoms with van der Waals surface area (Å²) in [7, 11) is 0. The molecule has 0 saturated carbocycles. The van der Waals surface area contributed by atoms with Crippen molar-refractivity contribution in [3.63, 3.8) is 0 Å². The molecule has 0 amide bonds. The van der Waals surface area contributed by atoms with Crippen LogP contribution in [0.3, 0.4) is 0 Å². The van der Waals surface area contributed by atoms with Gasteiger partial charge in [0.1, 0.15) is 11.6 Å². The third kappa shape index (κ3) is 3.51. The van der Waals surface area contributed by atoms with Crippen LogP contribution in [0.5, 0.6) is 5.75 Å². The van der Waals surface area contributed by atoms with Crippen molar-refractivity contribution in [2.45, 2.75) is 18.9 Å². The Morgan fingerprint density at radius 2 is 2.32 bits per heavy atom. The highest BCUT2D eigenvalue weighted by atomic mass is 79.9. The largest absolute Gasteiger partial charge is 0.479 e. The first-order chi connectivity index (χ1) is 9.10. The number of aryl methyl sites for hydroxylation is 1. The van der Waals surface area contributed by atoms with E-state index >= 15 is 0 Å². The van der Waals surface area contributed by atoms with Crippen molar-refractivity contribution in [2.75, 3.05) is 0 Å². The van der Waals surface area contributed by atoms with Crippen LogP contribution in [0.2, 0.25) is 0 Å². The first-order valence-electron chi connectivity index (χ1n) is 5.47. The van der Waals surface area contributed by atoms with Gasteiger partial charge in [-0.2, -0.15) is 0 Å². The molecule has 0 bridgehead atoms. The lowest BCUT2D eigenvalue weighted by Crippen LogP contribution is -1.99. The zero-order valence-electron chi connectivity index (χ0n) is 10.1. The Balaban J connectivity index is 2.17. The molecule has 2 rings (SSSR count). The standard InChI is InChI=1S/C12H11BrN2O3S/c1-8-7-19-12(14-8)6-18-11-3-2-9(5-13)4-10(11)15(16)17/h2-4,7H,5-6H2,1H3. The highest BCUT2D eigenvalue weighted by Crippen LogP contribution is 2.29. The second-order valence-corrected chi connectivity index (χ2v) is 5.37. The summed E-state index contributed by atoms with van der Waals surface area (Å²) >= 11 is 4.75. The zero-order chi connectivity index (χ0) is 13.8. The van der Waals surface area contributed by atoms with Gasteiger partial charge in [-0.1, -0.05) is 22.0 Å². The van der Waals surface area contributed by atoms with E-state index in [4.69, 9.17) is 4.74 Å². The molecule has 0 saturated heterocycles. The normalized spacial score (nSPS) is 10.4. The molecule has 0 aliphatic heterocycles. The van der Waals surface area contributed by atoms with Crippen LogP contribution < -0.4 is 4.74 Å². The highest BCUT2D eigenvalue weighted by Gasteiger charge is 2.16. The van der Waals surface area contributed by atoms with E-state index in [1.807, 2.05) is 12.3 Å². The number of aromatic nitrogens is 1. The zero-order valence-corrected chi connectivity index (χ0v) is 12.5. The monoisotopic (exact) mass is 342 g/mol. The van der Waals surface area contributed by atoms with E-state index in [2.05, 4.69) is 20.9 Å². The summed E-state index contributed by atoms with van der Waals surface area (Å²) in [5.74, 6) is 0.266. The summed E-state index contributed by atoms with van der Waals surface area (Å²) in [6, 6.07) is 4.93. The van der Waals surface area contributed by atoms with Gasteiger partial charge >= 0.3 is 5.69 Å². The highest BCUT2D eigenvalue weighted by molar-refractivity contribution is 9.08. The van der Waals surface area contributed by atoms with Gasteiger partial charge in [0.05, 0.1) is 4.92 Å². The number of thiazole rings is 1. The third-order valence-corrected chi connectivity index (χ3v) is 3.98. The number of alkyl halides is 1. The molecule has 1 heterocycles. The van der Waals surface area contributed by atoms with Gasteiger partial charge < -0.3 is 4.74 Å². The Bertz CT molecular complexity index is 600. The van der Waals surface area contributed by atoms with Gasteiger partial charge in [0.25, 0.3) is 0 Å². The Kier molecular flexibility index (Phi) is 4.49. The van der Waals surface area contributed by atoms with Gasteiger partial charge in [0.15, 0.2) is 5.75 Å². The number of benzene rings is 1. The molecular weight excluding hydrogens is 332 g/mol. The average Bonchev–Trinajstić information content (AvgIpc) is 2.82. The summed E-state index contributed by atoms with van der Waals surface area (Å²) in [6.07, 6.45) is 0. The topological polar surface area (TPSA) is 65.3 Å². The van der Waals surface area contributed by atoms with Crippen molar-refractivity contribution >= 4 is 33.0 Å². The second kappa shape index (κ2) is 6.12. The fourth-order valence-corrected chi connectivity index (χ4v) is 2.55. The summed E-state index contributed by atoms with van der Waals surface area (Å²) in [4.78, 5) is 14.8. The summed E-state index contributed by atoms with van der Waals surface area (Å²) in [5.41, 5.74) is 1.74. The number of ether oxygens (including phenoxy) is 1. The SMILES string of the molecule is Cc1csc(COc2ccc(CBr)cc2[N+](=O)[O-])n1. The van der Waals surface area contributed by atoms with Gasteiger partial charge in [-0.3, -0.25) is 10.1 Å². The van der Waals surface area contributed by atoms with Gasteiger partial charge in [-0.25, -0.2) is 4.98 Å². The Morgan fingerprint density at radius 3 is 2.89 bits per heavy atom. The van der Waals surface area contributed by atoms with Crippen molar-refractivity contribution in [1.82, 2.24) is 4.98 Å². The van der Waals surface area contributed by atoms with Crippen molar-refractivity contribution < 1.29 is 9.66 Å². The molecule has 0 aliphatic rings. The van der Waals surface area contributed by atoms with E-state index in [-0.39, 0.29) is 18.0 Å². The molecule has 1 aromatic carbocycles. The second-order valence-electron chi connectivity index (χ2n) is 3.86. The lowest BCUT2D eigenvalue weighted by atomic mass is 10.2. The fourth-order valence-electron chi connectivity index (χ4n) is 1.52. The number of rotatable bonds is 5. The molecule has 0 spiro atoms.